The number of nitrogen functional groups attached to an aromatic ring is 1. The summed E-state index contributed by atoms with van der Waals surface area (Å²) in [6.45, 7) is 0. The number of rotatable bonds is 3. The first-order valence-corrected chi connectivity index (χ1v) is 5.77. The minimum Gasteiger partial charge on any atom is -0.378 e. The average molecular weight is 264 g/mol. The first-order valence-electron chi connectivity index (χ1n) is 5.39. The molecular weight excluding hydrogens is 250 g/mol. The fraction of sp³-hybridized carbons (Fsp3) is 0.167. The van der Waals surface area contributed by atoms with E-state index in [1.54, 1.807) is 6.07 Å². The Morgan fingerprint density at radius 1 is 1.17 bits per heavy atom. The first-order chi connectivity index (χ1) is 8.54. The summed E-state index contributed by atoms with van der Waals surface area (Å²) in [6.07, 6.45) is 0. The Morgan fingerprint density at radius 2 is 1.83 bits per heavy atom. The lowest BCUT2D eigenvalue weighted by Crippen LogP contribution is -2.08. The van der Waals surface area contributed by atoms with Crippen LogP contribution in [0, 0.1) is 0 Å². The van der Waals surface area contributed by atoms with Crippen LogP contribution in [0.4, 0.5) is 23.1 Å². The van der Waals surface area contributed by atoms with Crippen molar-refractivity contribution >= 4 is 34.7 Å². The van der Waals surface area contributed by atoms with Gasteiger partial charge in [0.05, 0.1) is 0 Å². The molecule has 94 valence electrons. The van der Waals surface area contributed by atoms with Crippen LogP contribution in [-0.4, -0.2) is 24.1 Å². The van der Waals surface area contributed by atoms with Crippen LogP contribution < -0.4 is 16.0 Å². The predicted molar refractivity (Wildman–Crippen MR) is 75.5 cm³/mol. The van der Waals surface area contributed by atoms with E-state index in [-0.39, 0.29) is 5.95 Å². The van der Waals surface area contributed by atoms with Gasteiger partial charge in [-0.1, -0.05) is 11.6 Å². The summed E-state index contributed by atoms with van der Waals surface area (Å²) in [7, 11) is 3.99. The Hall–Kier alpha value is -2.01. The van der Waals surface area contributed by atoms with Gasteiger partial charge in [0.15, 0.2) is 0 Å². The highest BCUT2D eigenvalue weighted by molar-refractivity contribution is 6.29. The zero-order chi connectivity index (χ0) is 13.1. The largest absolute Gasteiger partial charge is 0.378 e. The molecule has 6 heteroatoms. The van der Waals surface area contributed by atoms with Crippen LogP contribution >= 0.6 is 11.6 Å². The molecule has 2 rings (SSSR count). The molecule has 1 aromatic heterocycles. The molecule has 0 atom stereocenters. The number of anilines is 4. The fourth-order valence-electron chi connectivity index (χ4n) is 1.49. The Balaban J connectivity index is 2.18. The van der Waals surface area contributed by atoms with Crippen LogP contribution in [-0.2, 0) is 0 Å². The van der Waals surface area contributed by atoms with Crippen LogP contribution in [0.25, 0.3) is 0 Å². The monoisotopic (exact) mass is 263 g/mol. The molecule has 0 radical (unpaired) electrons. The molecule has 3 N–H and O–H groups in total. The molecule has 1 aromatic carbocycles. The molecule has 0 unspecified atom stereocenters. The first kappa shape index (κ1) is 12.4. The lowest BCUT2D eigenvalue weighted by molar-refractivity contribution is 1.13. The van der Waals surface area contributed by atoms with Gasteiger partial charge in [0.1, 0.15) is 11.0 Å². The molecule has 1 heterocycles. The van der Waals surface area contributed by atoms with Crippen LogP contribution in [0.5, 0.6) is 0 Å². The van der Waals surface area contributed by atoms with Crippen molar-refractivity contribution in [1.82, 2.24) is 9.97 Å². The molecule has 0 fully saturated rings. The number of hydrogen-bond acceptors (Lipinski definition) is 5. The normalized spacial score (nSPS) is 10.2. The number of halogens is 1. The predicted octanol–water partition coefficient (Wildman–Crippen LogP) is 2.52. The number of nitrogens with two attached hydrogens (primary N) is 1. The second-order valence-electron chi connectivity index (χ2n) is 4.00. The number of nitrogens with one attached hydrogen (secondary N) is 1. The Morgan fingerprint density at radius 3 is 2.39 bits per heavy atom. The Labute approximate surface area is 111 Å². The molecule has 0 spiro atoms. The van der Waals surface area contributed by atoms with Crippen molar-refractivity contribution in [3.05, 3.63) is 35.5 Å². The number of aromatic nitrogens is 2. The molecule has 0 aliphatic rings. The van der Waals surface area contributed by atoms with E-state index in [9.17, 15) is 0 Å². The molecule has 0 bridgehead atoms. The third kappa shape index (κ3) is 3.01. The van der Waals surface area contributed by atoms with Gasteiger partial charge >= 0.3 is 0 Å². The molecule has 2 aromatic rings. The maximum Gasteiger partial charge on any atom is 0.223 e. The highest BCUT2D eigenvalue weighted by Crippen LogP contribution is 2.20. The van der Waals surface area contributed by atoms with Crippen LogP contribution in [0.2, 0.25) is 5.15 Å². The third-order valence-electron chi connectivity index (χ3n) is 2.37. The second kappa shape index (κ2) is 5.10. The quantitative estimate of drug-likeness (QED) is 0.833. The molecule has 0 saturated heterocycles. The second-order valence-corrected chi connectivity index (χ2v) is 4.39. The molecule has 5 nitrogen and oxygen atoms in total. The molecule has 0 amide bonds. The lowest BCUT2D eigenvalue weighted by Gasteiger charge is -2.13. The van der Waals surface area contributed by atoms with Crippen molar-refractivity contribution < 1.29 is 0 Å². The summed E-state index contributed by atoms with van der Waals surface area (Å²) < 4.78 is 0. The fourth-order valence-corrected chi connectivity index (χ4v) is 1.68. The van der Waals surface area contributed by atoms with Crippen LogP contribution in [0.15, 0.2) is 30.3 Å². The van der Waals surface area contributed by atoms with Gasteiger partial charge in [-0.25, -0.2) is 4.98 Å². The Kier molecular flexibility index (Phi) is 3.53. The Bertz CT molecular complexity index is 518. The topological polar surface area (TPSA) is 67.1 Å². The van der Waals surface area contributed by atoms with Crippen molar-refractivity contribution in [2.45, 2.75) is 0 Å². The molecule has 18 heavy (non-hydrogen) atoms. The van der Waals surface area contributed by atoms with E-state index in [1.165, 1.54) is 0 Å². The van der Waals surface area contributed by atoms with E-state index in [4.69, 9.17) is 17.3 Å². The zero-order valence-corrected chi connectivity index (χ0v) is 10.9. The van der Waals surface area contributed by atoms with Gasteiger partial charge in [0.2, 0.25) is 5.95 Å². The summed E-state index contributed by atoms with van der Waals surface area (Å²) in [4.78, 5) is 9.88. The maximum absolute atomic E-state index is 5.81. The summed E-state index contributed by atoms with van der Waals surface area (Å²) >= 11 is 5.81. The van der Waals surface area contributed by atoms with Gasteiger partial charge in [-0.3, -0.25) is 0 Å². The van der Waals surface area contributed by atoms with E-state index in [0.717, 1.165) is 11.4 Å². The van der Waals surface area contributed by atoms with E-state index in [0.29, 0.717) is 11.0 Å². The zero-order valence-electron chi connectivity index (χ0n) is 10.2. The van der Waals surface area contributed by atoms with Gasteiger partial charge in [0, 0.05) is 31.5 Å². The SMILES string of the molecule is CN(C)c1ccc(Nc2cc(Cl)nc(N)n2)cc1. The summed E-state index contributed by atoms with van der Waals surface area (Å²) in [6, 6.07) is 9.56. The minimum atomic E-state index is 0.148. The van der Waals surface area contributed by atoms with Crippen LogP contribution in [0.1, 0.15) is 0 Å². The maximum atomic E-state index is 5.81. The standard InChI is InChI=1S/C12H14ClN5/c1-18(2)9-5-3-8(4-6-9)15-11-7-10(13)16-12(14)17-11/h3-7H,1-2H3,(H3,14,15,16,17). The minimum absolute atomic E-state index is 0.148. The van der Waals surface area contributed by atoms with Crippen molar-refractivity contribution in [2.75, 3.05) is 30.0 Å². The van der Waals surface area contributed by atoms with Gasteiger partial charge in [-0.15, -0.1) is 0 Å². The third-order valence-corrected chi connectivity index (χ3v) is 2.56. The van der Waals surface area contributed by atoms with Crippen LogP contribution in [0.3, 0.4) is 0 Å². The highest BCUT2D eigenvalue weighted by atomic mass is 35.5. The molecule has 0 aliphatic carbocycles. The van der Waals surface area contributed by atoms with Gasteiger partial charge < -0.3 is 16.0 Å². The number of benzene rings is 1. The number of hydrogen-bond donors (Lipinski definition) is 2. The molecule has 0 saturated carbocycles. The van der Waals surface area contributed by atoms with Crippen molar-refractivity contribution in [3.63, 3.8) is 0 Å². The smallest absolute Gasteiger partial charge is 0.223 e. The van der Waals surface area contributed by atoms with E-state index in [2.05, 4.69) is 15.3 Å². The van der Waals surface area contributed by atoms with Crippen molar-refractivity contribution in [3.8, 4) is 0 Å². The molecule has 0 aliphatic heterocycles. The molecular formula is C12H14ClN5. The van der Waals surface area contributed by atoms with E-state index in [1.807, 2.05) is 43.3 Å². The average Bonchev–Trinajstić information content (AvgIpc) is 2.28. The van der Waals surface area contributed by atoms with E-state index >= 15 is 0 Å². The summed E-state index contributed by atoms with van der Waals surface area (Å²) in [5.41, 5.74) is 7.56. The van der Waals surface area contributed by atoms with Gasteiger partial charge in [-0.05, 0) is 24.3 Å². The summed E-state index contributed by atoms with van der Waals surface area (Å²) in [5.74, 6) is 0.722. The van der Waals surface area contributed by atoms with Gasteiger partial charge in [-0.2, -0.15) is 4.98 Å². The lowest BCUT2D eigenvalue weighted by atomic mass is 10.2. The van der Waals surface area contributed by atoms with E-state index < -0.39 is 0 Å². The summed E-state index contributed by atoms with van der Waals surface area (Å²) in [5, 5.41) is 3.43. The number of nitrogens with zero attached hydrogens (tertiary/aromatic N) is 3. The van der Waals surface area contributed by atoms with Crippen molar-refractivity contribution in [2.24, 2.45) is 0 Å². The van der Waals surface area contributed by atoms with Gasteiger partial charge in [0.25, 0.3) is 0 Å². The van der Waals surface area contributed by atoms with Crippen molar-refractivity contribution in [1.29, 1.82) is 0 Å². The highest BCUT2D eigenvalue weighted by Gasteiger charge is 2.01.